The second-order valence-corrected chi connectivity index (χ2v) is 8.62. The molecule has 0 rings (SSSR count). The van der Waals surface area contributed by atoms with Gasteiger partial charge in [0.2, 0.25) is 11.8 Å². The number of likely N-dealkylation sites (N-methyl/N-ethyl adjacent to an activating group) is 2. The predicted octanol–water partition coefficient (Wildman–Crippen LogP) is 0.449. The lowest BCUT2D eigenvalue weighted by atomic mass is 10.5. The Hall–Kier alpha value is -0.520. The molecule has 0 aliphatic carbocycles. The molecule has 2 atom stereocenters. The third-order valence-electron chi connectivity index (χ3n) is 2.82. The molecular formula is C16H34N4O4S2. The van der Waals surface area contributed by atoms with Gasteiger partial charge in [0.1, 0.15) is 12.5 Å². The normalized spacial score (nSPS) is 13.7. The minimum Gasteiger partial charge on any atom is -0.358 e. The largest absolute Gasteiger partial charge is 0.358 e. The standard InChI is InChI=1S/C16H34N4O4S2/c1-7-23-15(17-13(21)9-19(3)4)11-25-26-12-16(24-8-2)18-14(22)10-20(5)6/h15-16H,7-12H2,1-6H3,(H,17,21)(H,18,22). The first-order valence-electron chi connectivity index (χ1n) is 8.64. The highest BCUT2D eigenvalue weighted by atomic mass is 33.1. The van der Waals surface area contributed by atoms with Crippen molar-refractivity contribution in [2.75, 3.05) is 66.0 Å². The van der Waals surface area contributed by atoms with E-state index >= 15 is 0 Å². The van der Waals surface area contributed by atoms with E-state index in [-0.39, 0.29) is 24.3 Å². The van der Waals surface area contributed by atoms with Crippen LogP contribution in [0.5, 0.6) is 0 Å². The molecule has 8 nitrogen and oxygen atoms in total. The number of carbonyl (C=O) groups is 2. The van der Waals surface area contributed by atoms with Crippen LogP contribution in [0.25, 0.3) is 0 Å². The fourth-order valence-electron chi connectivity index (χ4n) is 1.91. The van der Waals surface area contributed by atoms with Gasteiger partial charge < -0.3 is 29.9 Å². The molecule has 154 valence electrons. The lowest BCUT2D eigenvalue weighted by Gasteiger charge is -2.21. The van der Waals surface area contributed by atoms with Crippen molar-refractivity contribution in [3.05, 3.63) is 0 Å². The first-order valence-corrected chi connectivity index (χ1v) is 11.1. The van der Waals surface area contributed by atoms with E-state index in [0.717, 1.165) is 0 Å². The lowest BCUT2D eigenvalue weighted by molar-refractivity contribution is -0.126. The van der Waals surface area contributed by atoms with Crippen LogP contribution in [0.15, 0.2) is 0 Å². The molecule has 2 amide bonds. The van der Waals surface area contributed by atoms with E-state index < -0.39 is 0 Å². The van der Waals surface area contributed by atoms with Crippen molar-refractivity contribution in [3.8, 4) is 0 Å². The van der Waals surface area contributed by atoms with Crippen molar-refractivity contribution in [1.82, 2.24) is 20.4 Å². The predicted molar refractivity (Wildman–Crippen MR) is 109 cm³/mol. The summed E-state index contributed by atoms with van der Waals surface area (Å²) in [5, 5.41) is 5.75. The number of carbonyl (C=O) groups excluding carboxylic acids is 2. The van der Waals surface area contributed by atoms with Gasteiger partial charge in [-0.05, 0) is 42.0 Å². The molecule has 0 fully saturated rings. The fraction of sp³-hybridized carbons (Fsp3) is 0.875. The van der Waals surface area contributed by atoms with Gasteiger partial charge in [0, 0.05) is 24.7 Å². The van der Waals surface area contributed by atoms with Crippen molar-refractivity contribution < 1.29 is 19.1 Å². The Balaban J connectivity index is 4.23. The number of rotatable bonds is 15. The minimum atomic E-state index is -0.334. The van der Waals surface area contributed by atoms with Crippen molar-refractivity contribution in [2.45, 2.75) is 26.3 Å². The van der Waals surface area contributed by atoms with Crippen molar-refractivity contribution in [1.29, 1.82) is 0 Å². The quantitative estimate of drug-likeness (QED) is 0.229. The van der Waals surface area contributed by atoms with Crippen molar-refractivity contribution in [3.63, 3.8) is 0 Å². The summed E-state index contributed by atoms with van der Waals surface area (Å²) in [6.07, 6.45) is -0.669. The van der Waals surface area contributed by atoms with Crippen LogP contribution in [-0.4, -0.2) is 100 Å². The zero-order valence-corrected chi connectivity index (χ0v) is 18.4. The molecule has 0 radical (unpaired) electrons. The first kappa shape index (κ1) is 25.5. The highest BCUT2D eigenvalue weighted by Gasteiger charge is 2.16. The van der Waals surface area contributed by atoms with E-state index in [1.54, 1.807) is 21.6 Å². The van der Waals surface area contributed by atoms with Crippen LogP contribution in [-0.2, 0) is 19.1 Å². The molecular weight excluding hydrogens is 376 g/mol. The Labute approximate surface area is 165 Å². The molecule has 0 aromatic heterocycles. The number of nitrogens with zero attached hydrogens (tertiary/aromatic N) is 2. The van der Waals surface area contributed by atoms with Gasteiger partial charge in [-0.2, -0.15) is 0 Å². The number of amides is 2. The third-order valence-corrected chi connectivity index (χ3v) is 5.18. The van der Waals surface area contributed by atoms with Crippen LogP contribution < -0.4 is 10.6 Å². The van der Waals surface area contributed by atoms with Gasteiger partial charge in [-0.15, -0.1) is 0 Å². The third kappa shape index (κ3) is 14.6. The molecule has 0 spiro atoms. The molecule has 0 aliphatic heterocycles. The fourth-order valence-corrected chi connectivity index (χ4v) is 4.03. The summed E-state index contributed by atoms with van der Waals surface area (Å²) in [6, 6.07) is 0. The van der Waals surface area contributed by atoms with E-state index in [1.807, 2.05) is 51.8 Å². The Kier molecular flexibility index (Phi) is 15.2. The second-order valence-electron chi connectivity index (χ2n) is 6.07. The van der Waals surface area contributed by atoms with Crippen molar-refractivity contribution >= 4 is 33.4 Å². The van der Waals surface area contributed by atoms with Gasteiger partial charge in [-0.1, -0.05) is 21.6 Å². The number of nitrogens with one attached hydrogen (secondary N) is 2. The zero-order chi connectivity index (χ0) is 19.9. The van der Waals surface area contributed by atoms with E-state index in [0.29, 0.717) is 37.8 Å². The highest BCUT2D eigenvalue weighted by Crippen LogP contribution is 2.23. The summed E-state index contributed by atoms with van der Waals surface area (Å²) < 4.78 is 11.1. The molecule has 10 heteroatoms. The molecule has 0 heterocycles. The molecule has 0 aromatic rings. The molecule has 0 aliphatic rings. The molecule has 0 aromatic carbocycles. The van der Waals surface area contributed by atoms with Gasteiger partial charge in [-0.3, -0.25) is 9.59 Å². The van der Waals surface area contributed by atoms with Gasteiger partial charge in [-0.25, -0.2) is 0 Å². The maximum atomic E-state index is 11.9. The number of hydrogen-bond acceptors (Lipinski definition) is 8. The molecule has 0 bridgehead atoms. The summed E-state index contributed by atoms with van der Waals surface area (Å²) in [6.45, 7) is 5.50. The first-order chi connectivity index (χ1) is 12.3. The van der Waals surface area contributed by atoms with Crippen LogP contribution in [0, 0.1) is 0 Å². The molecule has 2 N–H and O–H groups in total. The van der Waals surface area contributed by atoms with Crippen LogP contribution in [0.2, 0.25) is 0 Å². The summed E-state index contributed by atoms with van der Waals surface area (Å²) in [7, 11) is 10.5. The summed E-state index contributed by atoms with van der Waals surface area (Å²) >= 11 is 0. The van der Waals surface area contributed by atoms with Crippen LogP contribution in [0.4, 0.5) is 0 Å². The van der Waals surface area contributed by atoms with Crippen LogP contribution in [0.1, 0.15) is 13.8 Å². The van der Waals surface area contributed by atoms with E-state index in [4.69, 9.17) is 9.47 Å². The Morgan fingerprint density at radius 2 is 1.15 bits per heavy atom. The lowest BCUT2D eigenvalue weighted by Crippen LogP contribution is -2.43. The summed E-state index contributed by atoms with van der Waals surface area (Å²) in [5.74, 6) is 1.09. The SMILES string of the molecule is CCOC(CSSCC(NC(=O)CN(C)C)OCC)NC(=O)CN(C)C. The van der Waals surface area contributed by atoms with Crippen LogP contribution >= 0.6 is 21.6 Å². The van der Waals surface area contributed by atoms with Gasteiger partial charge >= 0.3 is 0 Å². The van der Waals surface area contributed by atoms with Gasteiger partial charge in [0.15, 0.2) is 0 Å². The zero-order valence-electron chi connectivity index (χ0n) is 16.7. The monoisotopic (exact) mass is 410 g/mol. The molecule has 0 saturated carbocycles. The Bertz CT molecular complexity index is 364. The smallest absolute Gasteiger partial charge is 0.236 e. The highest BCUT2D eigenvalue weighted by molar-refractivity contribution is 8.76. The molecule has 2 unspecified atom stereocenters. The number of hydrogen-bond donors (Lipinski definition) is 2. The van der Waals surface area contributed by atoms with E-state index in [1.165, 1.54) is 0 Å². The van der Waals surface area contributed by atoms with Crippen molar-refractivity contribution in [2.24, 2.45) is 0 Å². The van der Waals surface area contributed by atoms with E-state index in [9.17, 15) is 9.59 Å². The summed E-state index contributed by atoms with van der Waals surface area (Å²) in [5.41, 5.74) is 0. The second kappa shape index (κ2) is 15.5. The topological polar surface area (TPSA) is 83.1 Å². The average Bonchev–Trinajstić information content (AvgIpc) is 2.49. The van der Waals surface area contributed by atoms with Gasteiger partial charge in [0.25, 0.3) is 0 Å². The molecule has 0 saturated heterocycles. The van der Waals surface area contributed by atoms with E-state index in [2.05, 4.69) is 10.6 Å². The minimum absolute atomic E-state index is 0.0674. The summed E-state index contributed by atoms with van der Waals surface area (Å²) in [4.78, 5) is 27.3. The average molecular weight is 411 g/mol. The Morgan fingerprint density at radius 3 is 1.42 bits per heavy atom. The number of ether oxygens (including phenoxy) is 2. The van der Waals surface area contributed by atoms with Crippen LogP contribution in [0.3, 0.4) is 0 Å². The molecule has 26 heavy (non-hydrogen) atoms. The van der Waals surface area contributed by atoms with Gasteiger partial charge in [0.05, 0.1) is 13.1 Å². The Morgan fingerprint density at radius 1 is 0.808 bits per heavy atom. The maximum Gasteiger partial charge on any atom is 0.236 e. The maximum absolute atomic E-state index is 11.9.